The molecule has 4 heteroatoms. The molecule has 0 aliphatic heterocycles. The van der Waals surface area contributed by atoms with Crippen molar-refractivity contribution < 1.29 is 9.84 Å². The van der Waals surface area contributed by atoms with Gasteiger partial charge < -0.3 is 15.2 Å². The van der Waals surface area contributed by atoms with Crippen LogP contribution in [0.5, 0.6) is 5.75 Å². The number of hydrogen-bond donors (Lipinski definition) is 2. The molecule has 0 saturated heterocycles. The van der Waals surface area contributed by atoms with Crippen molar-refractivity contribution in [3.63, 3.8) is 0 Å². The van der Waals surface area contributed by atoms with E-state index in [-0.39, 0.29) is 5.41 Å². The van der Waals surface area contributed by atoms with E-state index in [2.05, 4.69) is 48.9 Å². The summed E-state index contributed by atoms with van der Waals surface area (Å²) in [7, 11) is 0. The van der Waals surface area contributed by atoms with Crippen molar-refractivity contribution in [3.8, 4) is 5.75 Å². The van der Waals surface area contributed by atoms with Crippen LogP contribution in [0.3, 0.4) is 0 Å². The molecule has 0 aliphatic carbocycles. The third-order valence-corrected chi connectivity index (χ3v) is 4.31. The molecule has 114 valence electrons. The van der Waals surface area contributed by atoms with Crippen LogP contribution in [-0.2, 0) is 0 Å². The molecule has 0 heterocycles. The van der Waals surface area contributed by atoms with Gasteiger partial charge in [-0.05, 0) is 35.6 Å². The third kappa shape index (κ3) is 6.25. The summed E-state index contributed by atoms with van der Waals surface area (Å²) in [5, 5.41) is 13.2. The molecule has 2 N–H and O–H groups in total. The van der Waals surface area contributed by atoms with Crippen molar-refractivity contribution in [2.75, 3.05) is 19.7 Å². The van der Waals surface area contributed by atoms with Crippen LogP contribution in [0.2, 0.25) is 0 Å². The Morgan fingerprint density at radius 3 is 2.40 bits per heavy atom. The van der Waals surface area contributed by atoms with E-state index in [1.807, 2.05) is 24.3 Å². The normalized spacial score (nSPS) is 13.6. The number of ether oxygens (including phenoxy) is 1. The van der Waals surface area contributed by atoms with Crippen LogP contribution in [0.1, 0.15) is 27.7 Å². The van der Waals surface area contributed by atoms with Crippen LogP contribution in [0.4, 0.5) is 0 Å². The smallest absolute Gasteiger partial charge is 0.119 e. The first-order valence-electron chi connectivity index (χ1n) is 7.08. The first-order valence-corrected chi connectivity index (χ1v) is 7.87. The average molecular weight is 344 g/mol. The molecule has 0 bridgehead atoms. The molecular weight excluding hydrogens is 318 g/mol. The molecule has 0 spiro atoms. The lowest BCUT2D eigenvalue weighted by atomic mass is 9.81. The van der Waals surface area contributed by atoms with Crippen LogP contribution in [-0.4, -0.2) is 30.9 Å². The summed E-state index contributed by atoms with van der Waals surface area (Å²) in [6.45, 7) is 10.6. The molecule has 1 rings (SSSR count). The second-order valence-electron chi connectivity index (χ2n) is 6.19. The first kappa shape index (κ1) is 17.5. The largest absolute Gasteiger partial charge is 0.491 e. The first-order chi connectivity index (χ1) is 9.31. The van der Waals surface area contributed by atoms with Gasteiger partial charge in [0.1, 0.15) is 18.5 Å². The number of aliphatic hydroxyl groups excluding tert-OH is 1. The fraction of sp³-hybridized carbons (Fsp3) is 0.625. The summed E-state index contributed by atoms with van der Waals surface area (Å²) in [6, 6.07) is 7.61. The Hall–Kier alpha value is -0.580. The Bertz CT molecular complexity index is 390. The summed E-state index contributed by atoms with van der Waals surface area (Å²) in [5.41, 5.74) is 0.228. The third-order valence-electron chi connectivity index (χ3n) is 3.78. The van der Waals surface area contributed by atoms with E-state index < -0.39 is 6.10 Å². The monoisotopic (exact) mass is 343 g/mol. The van der Waals surface area contributed by atoms with E-state index in [0.717, 1.165) is 16.8 Å². The predicted octanol–water partition coefficient (Wildman–Crippen LogP) is 3.46. The Balaban J connectivity index is 2.24. The Kier molecular flexibility index (Phi) is 7.00. The summed E-state index contributed by atoms with van der Waals surface area (Å²) in [6.07, 6.45) is -0.499. The van der Waals surface area contributed by atoms with Gasteiger partial charge in [-0.1, -0.05) is 43.6 Å². The van der Waals surface area contributed by atoms with Gasteiger partial charge in [0, 0.05) is 17.6 Å². The van der Waals surface area contributed by atoms with E-state index in [4.69, 9.17) is 4.74 Å². The van der Waals surface area contributed by atoms with Gasteiger partial charge in [0.15, 0.2) is 0 Å². The van der Waals surface area contributed by atoms with Gasteiger partial charge in [0.05, 0.1) is 0 Å². The number of benzene rings is 1. The number of aliphatic hydroxyl groups is 1. The Morgan fingerprint density at radius 1 is 1.25 bits per heavy atom. The molecule has 1 aromatic rings. The van der Waals surface area contributed by atoms with Gasteiger partial charge in [-0.3, -0.25) is 0 Å². The highest BCUT2D eigenvalue weighted by Gasteiger charge is 2.21. The summed E-state index contributed by atoms with van der Waals surface area (Å²) < 4.78 is 6.56. The van der Waals surface area contributed by atoms with Crippen molar-refractivity contribution in [2.24, 2.45) is 11.3 Å². The Morgan fingerprint density at radius 2 is 1.85 bits per heavy atom. The Labute approximate surface area is 130 Å². The minimum absolute atomic E-state index is 0.228. The molecule has 0 radical (unpaired) electrons. The highest BCUT2D eigenvalue weighted by molar-refractivity contribution is 9.10. The lowest BCUT2D eigenvalue weighted by Crippen LogP contribution is -2.39. The molecule has 0 saturated carbocycles. The van der Waals surface area contributed by atoms with Crippen LogP contribution in [0.25, 0.3) is 0 Å². The number of nitrogens with one attached hydrogen (secondary N) is 1. The second kappa shape index (κ2) is 8.01. The highest BCUT2D eigenvalue weighted by atomic mass is 79.9. The zero-order valence-electron chi connectivity index (χ0n) is 12.8. The number of hydrogen-bond acceptors (Lipinski definition) is 3. The summed E-state index contributed by atoms with van der Waals surface area (Å²) in [5.74, 6) is 1.38. The molecule has 1 atom stereocenters. The van der Waals surface area contributed by atoms with E-state index in [9.17, 15) is 5.11 Å². The predicted molar refractivity (Wildman–Crippen MR) is 87.1 cm³/mol. The van der Waals surface area contributed by atoms with Crippen LogP contribution >= 0.6 is 15.9 Å². The summed E-state index contributed by atoms with van der Waals surface area (Å²) >= 11 is 3.37. The lowest BCUT2D eigenvalue weighted by molar-refractivity contribution is 0.101. The van der Waals surface area contributed by atoms with Gasteiger partial charge in [0.25, 0.3) is 0 Å². The molecule has 3 nitrogen and oxygen atoms in total. The highest BCUT2D eigenvalue weighted by Crippen LogP contribution is 2.24. The van der Waals surface area contributed by atoms with Gasteiger partial charge in [-0.2, -0.15) is 0 Å². The molecular formula is C16H26BrNO2. The maximum Gasteiger partial charge on any atom is 0.119 e. The maximum atomic E-state index is 9.90. The van der Waals surface area contributed by atoms with Crippen molar-refractivity contribution >= 4 is 15.9 Å². The SMILES string of the molecule is CC(C)C(C)(C)CNCC(O)COc1ccc(Br)cc1. The zero-order chi connectivity index (χ0) is 15.2. The molecule has 1 aromatic carbocycles. The molecule has 0 fully saturated rings. The van der Waals surface area contributed by atoms with Gasteiger partial charge >= 0.3 is 0 Å². The van der Waals surface area contributed by atoms with Crippen molar-refractivity contribution in [3.05, 3.63) is 28.7 Å². The van der Waals surface area contributed by atoms with E-state index in [1.165, 1.54) is 0 Å². The minimum atomic E-state index is -0.499. The summed E-state index contributed by atoms with van der Waals surface area (Å²) in [4.78, 5) is 0. The van der Waals surface area contributed by atoms with Crippen molar-refractivity contribution in [1.82, 2.24) is 5.32 Å². The van der Waals surface area contributed by atoms with Gasteiger partial charge in [-0.15, -0.1) is 0 Å². The van der Waals surface area contributed by atoms with Crippen LogP contribution < -0.4 is 10.1 Å². The standard InChI is InChI=1S/C16H26BrNO2/c1-12(2)16(3,4)11-18-9-14(19)10-20-15-7-5-13(17)6-8-15/h5-8,12,14,18-19H,9-11H2,1-4H3. The molecule has 0 aromatic heterocycles. The van der Waals surface area contributed by atoms with E-state index in [0.29, 0.717) is 19.1 Å². The van der Waals surface area contributed by atoms with Crippen molar-refractivity contribution in [1.29, 1.82) is 0 Å². The van der Waals surface area contributed by atoms with Crippen LogP contribution in [0.15, 0.2) is 28.7 Å². The minimum Gasteiger partial charge on any atom is -0.491 e. The fourth-order valence-electron chi connectivity index (χ4n) is 1.55. The number of rotatable bonds is 8. The molecule has 20 heavy (non-hydrogen) atoms. The fourth-order valence-corrected chi connectivity index (χ4v) is 1.81. The van der Waals surface area contributed by atoms with E-state index >= 15 is 0 Å². The van der Waals surface area contributed by atoms with E-state index in [1.54, 1.807) is 0 Å². The lowest BCUT2D eigenvalue weighted by Gasteiger charge is -2.30. The number of halogens is 1. The average Bonchev–Trinajstić information content (AvgIpc) is 2.37. The zero-order valence-corrected chi connectivity index (χ0v) is 14.4. The molecule has 1 unspecified atom stereocenters. The maximum absolute atomic E-state index is 9.90. The van der Waals surface area contributed by atoms with Gasteiger partial charge in [-0.25, -0.2) is 0 Å². The van der Waals surface area contributed by atoms with Crippen molar-refractivity contribution in [2.45, 2.75) is 33.8 Å². The quantitative estimate of drug-likeness (QED) is 0.759. The molecule has 0 aliphatic rings. The second-order valence-corrected chi connectivity index (χ2v) is 7.11. The topological polar surface area (TPSA) is 41.5 Å². The molecule has 0 amide bonds. The van der Waals surface area contributed by atoms with Gasteiger partial charge in [0.2, 0.25) is 0 Å². The van der Waals surface area contributed by atoms with Crippen LogP contribution in [0, 0.1) is 11.3 Å².